The zero-order valence-electron chi connectivity index (χ0n) is 13.3. The SMILES string of the molecule is CCOc1ccc(-c2nccn2CC2(O)CCCNC2)cc1Cl. The Bertz CT molecular complexity index is 666. The quantitative estimate of drug-likeness (QED) is 0.882. The van der Waals surface area contributed by atoms with Crippen molar-refractivity contribution in [3.63, 3.8) is 0 Å². The molecule has 1 unspecified atom stereocenters. The van der Waals surface area contributed by atoms with Gasteiger partial charge >= 0.3 is 0 Å². The van der Waals surface area contributed by atoms with E-state index in [1.54, 1.807) is 6.20 Å². The lowest BCUT2D eigenvalue weighted by atomic mass is 9.94. The van der Waals surface area contributed by atoms with Crippen LogP contribution in [0.1, 0.15) is 19.8 Å². The standard InChI is InChI=1S/C17H22ClN3O2/c1-2-23-15-5-4-13(10-14(15)18)16-20-8-9-21(16)12-17(22)6-3-7-19-11-17/h4-5,8-10,19,22H,2-3,6-7,11-12H2,1H3. The first-order valence-corrected chi connectivity index (χ1v) is 8.36. The summed E-state index contributed by atoms with van der Waals surface area (Å²) in [5.41, 5.74) is 0.179. The summed E-state index contributed by atoms with van der Waals surface area (Å²) in [6, 6.07) is 5.66. The first kappa shape index (κ1) is 16.3. The molecule has 1 aliphatic heterocycles. The third-order valence-corrected chi connectivity index (χ3v) is 4.42. The third-order valence-electron chi connectivity index (χ3n) is 4.12. The Morgan fingerprint density at radius 2 is 2.35 bits per heavy atom. The minimum Gasteiger partial charge on any atom is -0.492 e. The number of piperidine rings is 1. The molecule has 124 valence electrons. The van der Waals surface area contributed by atoms with E-state index < -0.39 is 5.60 Å². The van der Waals surface area contributed by atoms with Gasteiger partial charge in [-0.15, -0.1) is 0 Å². The molecule has 0 aliphatic carbocycles. The third kappa shape index (κ3) is 3.68. The predicted octanol–water partition coefficient (Wildman–Crippen LogP) is 2.72. The van der Waals surface area contributed by atoms with Crippen LogP contribution in [0, 0.1) is 0 Å². The van der Waals surface area contributed by atoms with Gasteiger partial charge in [0, 0.05) is 24.5 Å². The van der Waals surface area contributed by atoms with E-state index in [1.807, 2.05) is 35.9 Å². The average molecular weight is 336 g/mol. The van der Waals surface area contributed by atoms with E-state index in [4.69, 9.17) is 16.3 Å². The summed E-state index contributed by atoms with van der Waals surface area (Å²) >= 11 is 6.28. The zero-order chi connectivity index (χ0) is 16.3. The van der Waals surface area contributed by atoms with Gasteiger partial charge in [-0.3, -0.25) is 0 Å². The van der Waals surface area contributed by atoms with Crippen molar-refractivity contribution in [3.05, 3.63) is 35.6 Å². The van der Waals surface area contributed by atoms with Gasteiger partial charge in [0.25, 0.3) is 0 Å². The number of rotatable bonds is 5. The molecule has 0 radical (unpaired) electrons. The average Bonchev–Trinajstić information content (AvgIpc) is 2.97. The Kier molecular flexibility index (Phi) is 4.90. The number of β-amino-alcohol motifs (C(OH)–C–C–N with tert-alkyl or cyclic N) is 1. The fourth-order valence-electron chi connectivity index (χ4n) is 3.01. The smallest absolute Gasteiger partial charge is 0.140 e. The van der Waals surface area contributed by atoms with E-state index in [9.17, 15) is 5.11 Å². The van der Waals surface area contributed by atoms with E-state index in [1.165, 1.54) is 0 Å². The first-order chi connectivity index (χ1) is 11.1. The van der Waals surface area contributed by atoms with Crippen LogP contribution < -0.4 is 10.1 Å². The van der Waals surface area contributed by atoms with Crippen molar-refractivity contribution in [2.45, 2.75) is 31.9 Å². The van der Waals surface area contributed by atoms with Crippen LogP contribution in [-0.4, -0.2) is 40.0 Å². The summed E-state index contributed by atoms with van der Waals surface area (Å²) in [6.45, 7) is 4.59. The van der Waals surface area contributed by atoms with Crippen molar-refractivity contribution in [1.29, 1.82) is 0 Å². The van der Waals surface area contributed by atoms with Gasteiger partial charge in [0.15, 0.2) is 0 Å². The molecule has 0 saturated carbocycles. The molecule has 2 aromatic rings. The molecular formula is C17H22ClN3O2. The van der Waals surface area contributed by atoms with E-state index in [-0.39, 0.29) is 0 Å². The zero-order valence-corrected chi connectivity index (χ0v) is 14.0. The number of imidazole rings is 1. The second-order valence-corrected chi connectivity index (χ2v) is 6.37. The molecule has 5 nitrogen and oxygen atoms in total. The highest BCUT2D eigenvalue weighted by Crippen LogP contribution is 2.30. The van der Waals surface area contributed by atoms with E-state index >= 15 is 0 Å². The molecule has 1 atom stereocenters. The summed E-state index contributed by atoms with van der Waals surface area (Å²) in [6.07, 6.45) is 5.42. The van der Waals surface area contributed by atoms with Crippen molar-refractivity contribution in [1.82, 2.24) is 14.9 Å². The molecule has 2 heterocycles. The fourth-order valence-corrected chi connectivity index (χ4v) is 3.25. The van der Waals surface area contributed by atoms with Crippen molar-refractivity contribution >= 4 is 11.6 Å². The van der Waals surface area contributed by atoms with Crippen LogP contribution >= 0.6 is 11.6 Å². The number of nitrogens with zero attached hydrogens (tertiary/aromatic N) is 2. The molecule has 1 aromatic heterocycles. The second-order valence-electron chi connectivity index (χ2n) is 5.96. The lowest BCUT2D eigenvalue weighted by Crippen LogP contribution is -2.48. The van der Waals surface area contributed by atoms with Crippen LogP contribution in [0.4, 0.5) is 0 Å². The van der Waals surface area contributed by atoms with Crippen LogP contribution in [0.15, 0.2) is 30.6 Å². The van der Waals surface area contributed by atoms with Gasteiger partial charge in [-0.1, -0.05) is 11.6 Å². The Morgan fingerprint density at radius 1 is 1.48 bits per heavy atom. The minimum absolute atomic E-state index is 0.514. The summed E-state index contributed by atoms with van der Waals surface area (Å²) in [7, 11) is 0. The largest absolute Gasteiger partial charge is 0.492 e. The van der Waals surface area contributed by atoms with Gasteiger partial charge in [0.05, 0.1) is 23.8 Å². The molecular weight excluding hydrogens is 314 g/mol. The predicted molar refractivity (Wildman–Crippen MR) is 90.9 cm³/mol. The number of aliphatic hydroxyl groups is 1. The van der Waals surface area contributed by atoms with Gasteiger partial charge in [-0.25, -0.2) is 4.98 Å². The number of nitrogens with one attached hydrogen (secondary N) is 1. The topological polar surface area (TPSA) is 59.3 Å². The molecule has 2 N–H and O–H groups in total. The second kappa shape index (κ2) is 6.91. The van der Waals surface area contributed by atoms with E-state index in [0.29, 0.717) is 30.5 Å². The van der Waals surface area contributed by atoms with Crippen molar-refractivity contribution in [2.75, 3.05) is 19.7 Å². The van der Waals surface area contributed by atoms with Crippen molar-refractivity contribution in [3.8, 4) is 17.1 Å². The highest BCUT2D eigenvalue weighted by Gasteiger charge is 2.30. The lowest BCUT2D eigenvalue weighted by Gasteiger charge is -2.33. The molecule has 0 spiro atoms. The molecule has 23 heavy (non-hydrogen) atoms. The number of hydrogen-bond donors (Lipinski definition) is 2. The molecule has 1 fully saturated rings. The Labute approximate surface area is 141 Å². The van der Waals surface area contributed by atoms with E-state index in [2.05, 4.69) is 10.3 Å². The number of benzene rings is 1. The van der Waals surface area contributed by atoms with Crippen LogP contribution in [0.2, 0.25) is 5.02 Å². The van der Waals surface area contributed by atoms with Gasteiger partial charge in [-0.2, -0.15) is 0 Å². The Morgan fingerprint density at radius 3 is 3.04 bits per heavy atom. The van der Waals surface area contributed by atoms with Crippen LogP contribution in [0.25, 0.3) is 11.4 Å². The maximum absolute atomic E-state index is 10.7. The first-order valence-electron chi connectivity index (χ1n) is 7.98. The molecule has 1 aliphatic rings. The number of hydrogen-bond acceptors (Lipinski definition) is 4. The Balaban J connectivity index is 1.84. The number of ether oxygens (including phenoxy) is 1. The molecule has 6 heteroatoms. The maximum Gasteiger partial charge on any atom is 0.140 e. The molecule has 0 amide bonds. The normalized spacial score (nSPS) is 21.3. The molecule has 3 rings (SSSR count). The summed E-state index contributed by atoms with van der Waals surface area (Å²) in [5.74, 6) is 1.47. The Hall–Kier alpha value is -1.56. The van der Waals surface area contributed by atoms with Crippen LogP contribution in [-0.2, 0) is 6.54 Å². The molecule has 1 aromatic carbocycles. The maximum atomic E-state index is 10.7. The lowest BCUT2D eigenvalue weighted by molar-refractivity contribution is 0.00106. The highest BCUT2D eigenvalue weighted by atomic mass is 35.5. The molecule has 1 saturated heterocycles. The molecule has 0 bridgehead atoms. The van der Waals surface area contributed by atoms with Crippen LogP contribution in [0.3, 0.4) is 0 Å². The number of aromatic nitrogens is 2. The minimum atomic E-state index is -0.733. The summed E-state index contributed by atoms with van der Waals surface area (Å²) in [4.78, 5) is 4.43. The fraction of sp³-hybridized carbons (Fsp3) is 0.471. The van der Waals surface area contributed by atoms with Gasteiger partial charge < -0.3 is 19.7 Å². The summed E-state index contributed by atoms with van der Waals surface area (Å²) in [5, 5.41) is 14.5. The monoisotopic (exact) mass is 335 g/mol. The van der Waals surface area contributed by atoms with Gasteiger partial charge in [-0.05, 0) is 44.5 Å². The van der Waals surface area contributed by atoms with Crippen LogP contribution in [0.5, 0.6) is 5.75 Å². The van der Waals surface area contributed by atoms with Gasteiger partial charge in [0.2, 0.25) is 0 Å². The van der Waals surface area contributed by atoms with Crippen molar-refractivity contribution < 1.29 is 9.84 Å². The number of halogens is 1. The van der Waals surface area contributed by atoms with Crippen molar-refractivity contribution in [2.24, 2.45) is 0 Å². The summed E-state index contributed by atoms with van der Waals surface area (Å²) < 4.78 is 7.45. The van der Waals surface area contributed by atoms with E-state index in [0.717, 1.165) is 30.8 Å². The highest BCUT2D eigenvalue weighted by molar-refractivity contribution is 6.32. The van der Waals surface area contributed by atoms with Gasteiger partial charge in [0.1, 0.15) is 11.6 Å².